The van der Waals surface area contributed by atoms with Gasteiger partial charge >= 0.3 is 11.9 Å². The molecule has 0 saturated carbocycles. The Balaban J connectivity index is 4.34. The minimum atomic E-state index is -4.45. The largest absolute Gasteiger partial charge is 0.464 e. The van der Waals surface area contributed by atoms with Gasteiger partial charge in [-0.25, -0.2) is 4.79 Å². The van der Waals surface area contributed by atoms with E-state index in [-0.39, 0.29) is 18.4 Å². The van der Waals surface area contributed by atoms with Crippen molar-refractivity contribution in [2.45, 2.75) is 185 Å². The highest BCUT2D eigenvalue weighted by molar-refractivity contribution is 7.86. The zero-order valence-electron chi connectivity index (χ0n) is 29.4. The van der Waals surface area contributed by atoms with Crippen LogP contribution in [0.4, 0.5) is 0 Å². The zero-order valence-corrected chi connectivity index (χ0v) is 31.1. The van der Waals surface area contributed by atoms with Gasteiger partial charge in [0.25, 0.3) is 20.2 Å². The molecule has 2 unspecified atom stereocenters. The van der Waals surface area contributed by atoms with E-state index in [0.717, 1.165) is 51.4 Å². The molecule has 2 atom stereocenters. The summed E-state index contributed by atoms with van der Waals surface area (Å²) in [7, 11) is -8.90. The minimum absolute atomic E-state index is 0.133. The third-order valence-electron chi connectivity index (χ3n) is 8.58. The van der Waals surface area contributed by atoms with Crippen molar-refractivity contribution in [2.75, 3.05) is 13.2 Å². The van der Waals surface area contributed by atoms with E-state index in [0.29, 0.717) is 12.8 Å². The molecule has 12 heteroatoms. The molecule has 278 valence electrons. The Morgan fingerprint density at radius 3 is 1.15 bits per heavy atom. The number of ether oxygens (including phenoxy) is 2. The lowest BCUT2D eigenvalue weighted by atomic mass is 10.0. The third kappa shape index (κ3) is 27.1. The molecule has 0 radical (unpaired) electrons. The van der Waals surface area contributed by atoms with E-state index in [1.165, 1.54) is 77.0 Å². The van der Waals surface area contributed by atoms with Crippen molar-refractivity contribution in [1.29, 1.82) is 0 Å². The van der Waals surface area contributed by atoms with Gasteiger partial charge in [0.1, 0.15) is 23.7 Å². The van der Waals surface area contributed by atoms with Gasteiger partial charge < -0.3 is 9.47 Å². The van der Waals surface area contributed by atoms with Gasteiger partial charge in [0.2, 0.25) is 0 Å². The molecule has 47 heavy (non-hydrogen) atoms. The molecule has 0 spiro atoms. The average Bonchev–Trinajstić information content (AvgIpc) is 2.99. The summed E-state index contributed by atoms with van der Waals surface area (Å²) in [6.07, 6.45) is 23.8. The molecule has 0 aliphatic carbocycles. The fourth-order valence-electron chi connectivity index (χ4n) is 5.46. The summed E-state index contributed by atoms with van der Waals surface area (Å²) in [5, 5.41) is -2.55. The highest BCUT2D eigenvalue weighted by atomic mass is 32.2. The van der Waals surface area contributed by atoms with Crippen LogP contribution in [0.2, 0.25) is 0 Å². The predicted octanol–water partition coefficient (Wildman–Crippen LogP) is 8.93. The number of unbranched alkanes of at least 4 members (excludes halogenated alkanes) is 20. The van der Waals surface area contributed by atoms with Gasteiger partial charge in [-0.3, -0.25) is 13.9 Å². The number of hydrogen-bond donors (Lipinski definition) is 2. The van der Waals surface area contributed by atoms with E-state index >= 15 is 0 Å². The van der Waals surface area contributed by atoms with Crippen molar-refractivity contribution in [2.24, 2.45) is 0 Å². The van der Waals surface area contributed by atoms with Gasteiger partial charge in [-0.15, -0.1) is 0 Å². The lowest BCUT2D eigenvalue weighted by Crippen LogP contribution is -2.29. The van der Waals surface area contributed by atoms with Crippen LogP contribution in [0, 0.1) is 0 Å². The smallest absolute Gasteiger partial charge is 0.334 e. The molecule has 0 aliphatic heterocycles. The maximum Gasteiger partial charge on any atom is 0.334 e. The number of esters is 2. The van der Waals surface area contributed by atoms with E-state index < -0.39 is 62.3 Å². The zero-order chi connectivity index (χ0) is 35.4. The standard InChI is InChI=1S/C35H66O10S2/c1-4-6-8-10-12-14-16-18-20-22-24-26-32(46(38,39)40)29-44-34(36)28-31(3)35(37)45-30-33(47(41,42)43)27-25-23-21-19-17-15-13-11-9-7-5-2/h32-33H,3-30H2,1-2H3,(H,38,39,40)(H,41,42,43). The van der Waals surface area contributed by atoms with Crippen molar-refractivity contribution in [1.82, 2.24) is 0 Å². The second-order valence-corrected chi connectivity index (χ2v) is 16.4. The van der Waals surface area contributed by atoms with Crippen LogP contribution in [0.1, 0.15) is 174 Å². The van der Waals surface area contributed by atoms with Crippen molar-refractivity contribution < 1.29 is 45.0 Å². The normalized spacial score (nSPS) is 13.3. The summed E-state index contributed by atoms with van der Waals surface area (Å²) >= 11 is 0. The summed E-state index contributed by atoms with van der Waals surface area (Å²) < 4.78 is 76.5. The van der Waals surface area contributed by atoms with Crippen LogP contribution in [0.5, 0.6) is 0 Å². The first-order valence-corrected chi connectivity index (χ1v) is 21.3. The summed E-state index contributed by atoms with van der Waals surface area (Å²) in [6.45, 7) is 6.76. The molecule has 0 rings (SSSR count). The van der Waals surface area contributed by atoms with Gasteiger partial charge in [-0.1, -0.05) is 162 Å². The van der Waals surface area contributed by atoms with Crippen LogP contribution >= 0.6 is 0 Å². The molecule has 0 aromatic carbocycles. The fourth-order valence-corrected chi connectivity index (χ4v) is 6.87. The Kier molecular flexibility index (Phi) is 27.4. The Labute approximate surface area is 286 Å². The Bertz CT molecular complexity index is 1040. The van der Waals surface area contributed by atoms with Crippen LogP contribution in [-0.4, -0.2) is 61.6 Å². The van der Waals surface area contributed by atoms with Crippen LogP contribution in [0.15, 0.2) is 12.2 Å². The molecule has 0 aromatic rings. The Hall–Kier alpha value is -1.50. The Morgan fingerprint density at radius 2 is 0.830 bits per heavy atom. The van der Waals surface area contributed by atoms with Gasteiger partial charge in [0, 0.05) is 5.57 Å². The lowest BCUT2D eigenvalue weighted by Gasteiger charge is -2.16. The van der Waals surface area contributed by atoms with E-state index in [1.54, 1.807) is 0 Å². The molecule has 10 nitrogen and oxygen atoms in total. The highest BCUT2D eigenvalue weighted by Crippen LogP contribution is 2.18. The third-order valence-corrected chi connectivity index (χ3v) is 11.0. The molecule has 0 aromatic heterocycles. The van der Waals surface area contributed by atoms with Gasteiger partial charge in [-0.2, -0.15) is 16.8 Å². The molecule has 0 heterocycles. The number of rotatable bonds is 33. The van der Waals surface area contributed by atoms with Crippen molar-refractivity contribution >= 4 is 32.2 Å². The first-order valence-electron chi connectivity index (χ1n) is 18.3. The van der Waals surface area contributed by atoms with Crippen LogP contribution in [-0.2, 0) is 39.3 Å². The fraction of sp³-hybridized carbons (Fsp3) is 0.886. The van der Waals surface area contributed by atoms with E-state index in [9.17, 15) is 35.5 Å². The summed E-state index contributed by atoms with van der Waals surface area (Å²) in [4.78, 5) is 24.6. The molecule has 0 saturated heterocycles. The average molecular weight is 711 g/mol. The molecular formula is C35H66O10S2. The van der Waals surface area contributed by atoms with Crippen molar-refractivity contribution in [3.05, 3.63) is 12.2 Å². The predicted molar refractivity (Wildman–Crippen MR) is 189 cm³/mol. The van der Waals surface area contributed by atoms with Gasteiger partial charge in [-0.05, 0) is 12.8 Å². The monoisotopic (exact) mass is 710 g/mol. The maximum absolute atomic E-state index is 12.4. The highest BCUT2D eigenvalue weighted by Gasteiger charge is 2.27. The molecule has 0 bridgehead atoms. The van der Waals surface area contributed by atoms with Gasteiger partial charge in [0.05, 0.1) is 6.42 Å². The SMILES string of the molecule is C=C(CC(=O)OCC(CCCCCCCCCCCCC)S(=O)(=O)O)C(=O)OCC(CCCCCCCCCCCCC)S(=O)(=O)O. The first kappa shape index (κ1) is 45.5. The quantitative estimate of drug-likeness (QED) is 0.0291. The number of hydrogen-bond acceptors (Lipinski definition) is 8. The van der Waals surface area contributed by atoms with E-state index in [1.807, 2.05) is 0 Å². The molecular weight excluding hydrogens is 645 g/mol. The molecule has 0 amide bonds. The molecule has 0 fully saturated rings. The summed E-state index contributed by atoms with van der Waals surface area (Å²) in [5.74, 6) is -1.94. The second kappa shape index (κ2) is 28.3. The van der Waals surface area contributed by atoms with Crippen LogP contribution in [0.25, 0.3) is 0 Å². The molecule has 0 aliphatic rings. The van der Waals surface area contributed by atoms with Crippen molar-refractivity contribution in [3.8, 4) is 0 Å². The number of carbonyl (C=O) groups is 2. The minimum Gasteiger partial charge on any atom is -0.464 e. The van der Waals surface area contributed by atoms with E-state index in [2.05, 4.69) is 20.4 Å². The molecule has 2 N–H and O–H groups in total. The van der Waals surface area contributed by atoms with Crippen LogP contribution in [0.3, 0.4) is 0 Å². The lowest BCUT2D eigenvalue weighted by molar-refractivity contribution is -0.146. The first-order chi connectivity index (χ1) is 22.3. The van der Waals surface area contributed by atoms with Crippen molar-refractivity contribution in [3.63, 3.8) is 0 Å². The topological polar surface area (TPSA) is 161 Å². The van der Waals surface area contributed by atoms with E-state index in [4.69, 9.17) is 9.47 Å². The Morgan fingerprint density at radius 1 is 0.532 bits per heavy atom. The summed E-state index contributed by atoms with van der Waals surface area (Å²) in [6, 6.07) is 0. The number of carbonyl (C=O) groups excluding carboxylic acids is 2. The summed E-state index contributed by atoms with van der Waals surface area (Å²) in [5.41, 5.74) is -0.299. The second-order valence-electron chi connectivity index (χ2n) is 13.0. The van der Waals surface area contributed by atoms with Crippen LogP contribution < -0.4 is 0 Å². The van der Waals surface area contributed by atoms with Gasteiger partial charge in [0.15, 0.2) is 0 Å². The maximum atomic E-state index is 12.4.